The summed E-state index contributed by atoms with van der Waals surface area (Å²) in [6.45, 7) is 3.88. The standard InChI is InChI=1S/C3H6N2.2Cr/c1-2-3-5-4;;/h1-3H2;;/q-2;;. The van der Waals surface area contributed by atoms with Gasteiger partial charge in [0.25, 0.3) is 0 Å². The van der Waals surface area contributed by atoms with Crippen LogP contribution in [0.2, 0.25) is 0 Å². The van der Waals surface area contributed by atoms with E-state index in [0.717, 1.165) is 0 Å². The molecule has 0 aliphatic rings. The first-order chi connectivity index (χ1) is 3.41. The van der Waals surface area contributed by atoms with Crippen molar-refractivity contribution in [2.75, 3.05) is 6.54 Å². The molecule has 0 heterocycles. The van der Waals surface area contributed by atoms with Gasteiger partial charge in [-0.05, 0) is 6.54 Å². The van der Waals surface area contributed by atoms with E-state index in [1.807, 2.05) is 0 Å². The van der Waals surface area contributed by atoms with Crippen LogP contribution in [-0.2, 0) is 27.7 Å². The van der Waals surface area contributed by atoms with Crippen LogP contribution in [0.15, 0.2) is 5.11 Å². The van der Waals surface area contributed by atoms with Crippen molar-refractivity contribution in [2.45, 2.75) is 6.42 Å². The predicted octanol–water partition coefficient (Wildman–Crippen LogP) is 1.23. The molecule has 0 amide bonds. The van der Waals surface area contributed by atoms with E-state index in [1.54, 1.807) is 0 Å². The van der Waals surface area contributed by atoms with E-state index in [9.17, 15) is 0 Å². The van der Waals surface area contributed by atoms with Gasteiger partial charge in [0, 0.05) is 0 Å². The average Bonchev–Trinajstić information content (AvgIpc) is 1.75. The van der Waals surface area contributed by atoms with Gasteiger partial charge in [-0.2, -0.15) is 6.42 Å². The topological polar surface area (TPSA) is 34.7 Å². The summed E-state index contributed by atoms with van der Waals surface area (Å²) in [7, 11) is 0. The third-order valence-corrected chi connectivity index (χ3v) is 0.258. The molecule has 42 valence electrons. The van der Waals surface area contributed by atoms with Crippen LogP contribution in [-0.4, -0.2) is 6.54 Å². The Morgan fingerprint density at radius 3 is 2.00 bits per heavy atom. The number of hydrogen-bond donors (Lipinski definition) is 0. The van der Waals surface area contributed by atoms with Crippen LogP contribution in [0.3, 0.4) is 0 Å². The van der Waals surface area contributed by atoms with E-state index >= 15 is 0 Å². The Morgan fingerprint density at radius 1 is 1.57 bits per heavy atom. The summed E-state index contributed by atoms with van der Waals surface area (Å²) in [4.78, 5) is 0. The fourth-order valence-corrected chi connectivity index (χ4v) is 0.0707. The van der Waals surface area contributed by atoms with Gasteiger partial charge in [0.05, 0.1) is 0 Å². The van der Waals surface area contributed by atoms with Gasteiger partial charge < -0.3 is 17.6 Å². The van der Waals surface area contributed by atoms with E-state index in [0.29, 0.717) is 13.0 Å². The molecule has 7 heavy (non-hydrogen) atoms. The quantitative estimate of drug-likeness (QED) is 0.445. The second kappa shape index (κ2) is 15.9. The molecule has 0 aromatic rings. The van der Waals surface area contributed by atoms with E-state index in [4.69, 9.17) is 5.53 Å². The van der Waals surface area contributed by atoms with E-state index in [-0.39, 0.29) is 0 Å². The number of nitrogens with zero attached hydrogens (tertiary/aromatic N) is 2. The molecule has 0 aliphatic carbocycles. The molecular formula is C3H6Cr2N2-2. The second-order valence-electron chi connectivity index (χ2n) is 0.719. The van der Waals surface area contributed by atoms with Crippen molar-refractivity contribution < 1.29 is 27.7 Å². The third-order valence-electron chi connectivity index (χ3n) is 0.258. The average molecular weight is 174 g/mol. The Hall–Kier alpha value is 0.665. The summed E-state index contributed by atoms with van der Waals surface area (Å²) >= 11 is 5.00. The molecule has 4 heteroatoms. The van der Waals surface area contributed by atoms with Gasteiger partial charge in [0.2, 0.25) is 0 Å². The molecule has 0 aromatic heterocycles. The van der Waals surface area contributed by atoms with E-state index in [1.165, 1.54) is 0 Å². The minimum absolute atomic E-state index is 0.458. The van der Waals surface area contributed by atoms with Crippen LogP contribution in [0.1, 0.15) is 6.42 Å². The molecule has 0 saturated heterocycles. The van der Waals surface area contributed by atoms with Gasteiger partial charge in [-0.1, -0.05) is 0 Å². The minimum atomic E-state index is 0.458. The molecular weight excluding hydrogens is 168 g/mol. The van der Waals surface area contributed by atoms with Crippen molar-refractivity contribution in [3.63, 3.8) is 0 Å². The monoisotopic (exact) mass is 174 g/mol. The summed E-state index contributed by atoms with van der Waals surface area (Å²) in [5.74, 6) is 0. The van der Waals surface area contributed by atoms with Crippen LogP contribution in [0.25, 0.3) is 5.53 Å². The summed E-state index contributed by atoms with van der Waals surface area (Å²) in [6, 6.07) is 0. The molecule has 0 bridgehead atoms. The van der Waals surface area contributed by atoms with Gasteiger partial charge in [0.15, 0.2) is 0 Å². The number of rotatable bonds is 2. The first-order valence-electron chi connectivity index (χ1n) is 1.68. The summed E-state index contributed by atoms with van der Waals surface area (Å²) in [5.41, 5.74) is 7.65. The molecule has 0 atom stereocenters. The molecule has 0 spiro atoms. The van der Waals surface area contributed by atoms with E-state index in [2.05, 4.69) is 39.7 Å². The Morgan fingerprint density at radius 2 is 2.00 bits per heavy atom. The summed E-state index contributed by atoms with van der Waals surface area (Å²) in [6.07, 6.45) is 0.677. The molecule has 0 rings (SSSR count). The van der Waals surface area contributed by atoms with Crippen molar-refractivity contribution in [3.05, 3.63) is 12.5 Å². The second-order valence-corrected chi connectivity index (χ2v) is 0.719. The van der Waals surface area contributed by atoms with Gasteiger partial charge in [-0.15, -0.1) is 0 Å². The van der Waals surface area contributed by atoms with Gasteiger partial charge in [-0.3, -0.25) is 0 Å². The molecule has 0 fully saturated rings. The molecule has 0 N–H and O–H groups in total. The zero-order valence-electron chi connectivity index (χ0n) is 3.83. The van der Waals surface area contributed by atoms with Crippen LogP contribution in [0, 0.1) is 6.92 Å². The number of hydrogen-bond acceptors (Lipinski definition) is 1. The molecule has 0 aromatic carbocycles. The van der Waals surface area contributed by atoms with Crippen LogP contribution < -0.4 is 0 Å². The molecule has 0 saturated carbocycles. The molecule has 2 nitrogen and oxygen atoms in total. The van der Waals surface area contributed by atoms with Crippen LogP contribution in [0.4, 0.5) is 0 Å². The van der Waals surface area contributed by atoms with Crippen molar-refractivity contribution in [3.8, 4) is 0 Å². The van der Waals surface area contributed by atoms with Gasteiger partial charge in [-0.25, -0.2) is 0 Å². The zero-order chi connectivity index (χ0) is 6.12. The summed E-state index contributed by atoms with van der Waals surface area (Å²) in [5, 5.41) is 2.79. The van der Waals surface area contributed by atoms with Crippen LogP contribution in [0.5, 0.6) is 0 Å². The van der Waals surface area contributed by atoms with Crippen molar-refractivity contribution in [1.82, 2.24) is 0 Å². The maximum atomic E-state index is 7.65. The summed E-state index contributed by atoms with van der Waals surface area (Å²) < 4.78 is 0. The predicted molar refractivity (Wildman–Crippen MR) is 20.6 cm³/mol. The fourth-order valence-electron chi connectivity index (χ4n) is 0.0707. The first kappa shape index (κ1) is 10.6. The van der Waals surface area contributed by atoms with E-state index < -0.39 is 0 Å². The Labute approximate surface area is 58.4 Å². The molecule has 0 radical (unpaired) electrons. The zero-order valence-corrected chi connectivity index (χ0v) is 6.38. The molecule has 0 aliphatic heterocycles. The van der Waals surface area contributed by atoms with Gasteiger partial charge >= 0.3 is 27.7 Å². The maximum absolute atomic E-state index is 7.65. The van der Waals surface area contributed by atoms with Gasteiger partial charge in [0.1, 0.15) is 0 Å². The Bertz CT molecular complexity index is 39.9. The SMILES string of the molecule is [CH2-]CCN=[N-].[Cr]=[Cr]. The fraction of sp³-hybridized carbons (Fsp3) is 0.667. The first-order valence-corrected chi connectivity index (χ1v) is 4.35. The third kappa shape index (κ3) is 20.4. The van der Waals surface area contributed by atoms with Crippen molar-refractivity contribution in [2.24, 2.45) is 5.11 Å². The van der Waals surface area contributed by atoms with Crippen molar-refractivity contribution in [1.29, 1.82) is 0 Å². The normalized spacial score (nSPS) is 5.86. The van der Waals surface area contributed by atoms with Crippen molar-refractivity contribution >= 4 is 0 Å². The van der Waals surface area contributed by atoms with Crippen LogP contribution >= 0.6 is 0 Å². The Kier molecular flexibility index (Phi) is 24.1. The Balaban J connectivity index is 0. The molecule has 0 unspecified atom stereocenters.